The minimum atomic E-state index is -0.470. The Hall–Kier alpha value is -2.09. The zero-order chi connectivity index (χ0) is 19.9. The SMILES string of the molecule is NCCOCCOCCCc1cccc2c1CN(C1CCC(=O)CC1=O)C2=O. The van der Waals surface area contributed by atoms with Crippen molar-refractivity contribution >= 4 is 17.5 Å². The normalized spacial score (nSPS) is 19.4. The quantitative estimate of drug-likeness (QED) is 0.479. The van der Waals surface area contributed by atoms with Crippen LogP contribution in [0, 0.1) is 0 Å². The second-order valence-electron chi connectivity index (χ2n) is 7.23. The Bertz CT molecular complexity index is 734. The standard InChI is InChI=1S/C21H28N2O5/c22-8-10-28-12-11-27-9-2-4-15-3-1-5-17-18(15)14-23(21(17)26)19-7-6-16(24)13-20(19)25/h1,3,5,19H,2,4,6-14,22H2. The van der Waals surface area contributed by atoms with E-state index in [1.165, 1.54) is 0 Å². The Morgan fingerprint density at radius 2 is 1.86 bits per heavy atom. The van der Waals surface area contributed by atoms with Gasteiger partial charge in [0.2, 0.25) is 0 Å². The van der Waals surface area contributed by atoms with Crippen LogP contribution in [-0.4, -0.2) is 61.4 Å². The highest BCUT2D eigenvalue weighted by atomic mass is 16.5. The number of hydrogen-bond donors (Lipinski definition) is 1. The lowest BCUT2D eigenvalue weighted by Crippen LogP contribution is -2.44. The van der Waals surface area contributed by atoms with Gasteiger partial charge in [0, 0.05) is 31.7 Å². The summed E-state index contributed by atoms with van der Waals surface area (Å²) in [7, 11) is 0. The molecule has 0 bridgehead atoms. The van der Waals surface area contributed by atoms with Crippen LogP contribution >= 0.6 is 0 Å². The van der Waals surface area contributed by atoms with E-state index in [0.717, 1.165) is 24.0 Å². The van der Waals surface area contributed by atoms with E-state index >= 15 is 0 Å². The van der Waals surface area contributed by atoms with Crippen molar-refractivity contribution in [2.24, 2.45) is 5.73 Å². The van der Waals surface area contributed by atoms with Crippen molar-refractivity contribution in [1.29, 1.82) is 0 Å². The molecule has 1 aliphatic heterocycles. The zero-order valence-corrected chi connectivity index (χ0v) is 16.2. The van der Waals surface area contributed by atoms with E-state index in [2.05, 4.69) is 0 Å². The fourth-order valence-corrected chi connectivity index (χ4v) is 3.86. The van der Waals surface area contributed by atoms with Crippen molar-refractivity contribution in [2.45, 2.75) is 44.7 Å². The number of fused-ring (bicyclic) bond motifs is 1. The van der Waals surface area contributed by atoms with Gasteiger partial charge in [-0.05, 0) is 36.5 Å². The molecule has 0 radical (unpaired) electrons. The highest BCUT2D eigenvalue weighted by Crippen LogP contribution is 2.31. The molecular formula is C21H28N2O5. The molecule has 1 saturated carbocycles. The molecular weight excluding hydrogens is 360 g/mol. The number of aryl methyl sites for hydroxylation is 1. The molecule has 1 fully saturated rings. The number of hydrogen-bond acceptors (Lipinski definition) is 6. The molecule has 1 amide bonds. The maximum Gasteiger partial charge on any atom is 0.255 e. The van der Waals surface area contributed by atoms with Crippen LogP contribution in [0.5, 0.6) is 0 Å². The third-order valence-corrected chi connectivity index (χ3v) is 5.28. The number of ketones is 2. The Kier molecular flexibility index (Phi) is 7.30. The van der Waals surface area contributed by atoms with E-state index in [-0.39, 0.29) is 23.9 Å². The summed E-state index contributed by atoms with van der Waals surface area (Å²) < 4.78 is 10.8. The maximum absolute atomic E-state index is 12.8. The first-order chi connectivity index (χ1) is 13.6. The first-order valence-electron chi connectivity index (χ1n) is 9.93. The largest absolute Gasteiger partial charge is 0.379 e. The first kappa shape index (κ1) is 20.6. The summed E-state index contributed by atoms with van der Waals surface area (Å²) in [5, 5.41) is 0. The summed E-state index contributed by atoms with van der Waals surface area (Å²) in [5.74, 6) is -0.262. The van der Waals surface area contributed by atoms with E-state index in [9.17, 15) is 14.4 Å². The van der Waals surface area contributed by atoms with Crippen LogP contribution in [-0.2, 0) is 32.0 Å². The monoisotopic (exact) mass is 388 g/mol. The van der Waals surface area contributed by atoms with E-state index in [1.807, 2.05) is 18.2 Å². The third-order valence-electron chi connectivity index (χ3n) is 5.28. The number of ether oxygens (including phenoxy) is 2. The molecule has 1 aromatic rings. The molecule has 28 heavy (non-hydrogen) atoms. The van der Waals surface area contributed by atoms with Crippen molar-refractivity contribution < 1.29 is 23.9 Å². The summed E-state index contributed by atoms with van der Waals surface area (Å²) in [6.07, 6.45) is 2.41. The van der Waals surface area contributed by atoms with E-state index in [4.69, 9.17) is 15.2 Å². The van der Waals surface area contributed by atoms with Crippen molar-refractivity contribution in [3.05, 3.63) is 34.9 Å². The molecule has 0 spiro atoms. The number of carbonyl (C=O) groups is 3. The Balaban J connectivity index is 1.54. The van der Waals surface area contributed by atoms with Gasteiger partial charge >= 0.3 is 0 Å². The zero-order valence-electron chi connectivity index (χ0n) is 16.2. The number of benzene rings is 1. The second kappa shape index (κ2) is 9.91. The van der Waals surface area contributed by atoms with Crippen LogP contribution in [0.2, 0.25) is 0 Å². The first-order valence-corrected chi connectivity index (χ1v) is 9.93. The summed E-state index contributed by atoms with van der Waals surface area (Å²) in [5.41, 5.74) is 8.16. The topological polar surface area (TPSA) is 98.9 Å². The maximum atomic E-state index is 12.8. The summed E-state index contributed by atoms with van der Waals surface area (Å²) in [6.45, 7) is 3.21. The molecule has 1 unspecified atom stereocenters. The molecule has 7 nitrogen and oxygen atoms in total. The number of nitrogens with zero attached hydrogens (tertiary/aromatic N) is 1. The van der Waals surface area contributed by atoms with Gasteiger partial charge in [0.15, 0.2) is 5.78 Å². The molecule has 1 atom stereocenters. The number of rotatable bonds is 10. The Labute approximate surface area is 165 Å². The van der Waals surface area contributed by atoms with Crippen molar-refractivity contribution in [3.8, 4) is 0 Å². The lowest BCUT2D eigenvalue weighted by molar-refractivity contribution is -0.133. The van der Waals surface area contributed by atoms with Crippen LogP contribution in [0.3, 0.4) is 0 Å². The highest BCUT2D eigenvalue weighted by molar-refractivity contribution is 6.07. The van der Waals surface area contributed by atoms with Crippen LogP contribution < -0.4 is 5.73 Å². The van der Waals surface area contributed by atoms with E-state index in [1.54, 1.807) is 4.90 Å². The average Bonchev–Trinajstić information content (AvgIpc) is 3.01. The van der Waals surface area contributed by atoms with Crippen molar-refractivity contribution in [2.75, 3.05) is 33.0 Å². The van der Waals surface area contributed by atoms with E-state index in [0.29, 0.717) is 57.9 Å². The minimum absolute atomic E-state index is 0.0282. The van der Waals surface area contributed by atoms with Gasteiger partial charge in [0.05, 0.1) is 32.3 Å². The molecule has 3 rings (SSSR count). The number of carbonyl (C=O) groups excluding carboxylic acids is 3. The second-order valence-corrected chi connectivity index (χ2v) is 7.23. The molecule has 2 aliphatic rings. The van der Waals surface area contributed by atoms with Gasteiger partial charge < -0.3 is 20.1 Å². The van der Waals surface area contributed by atoms with Gasteiger partial charge in [-0.1, -0.05) is 12.1 Å². The molecule has 1 heterocycles. The molecule has 1 aromatic carbocycles. The van der Waals surface area contributed by atoms with Crippen LogP contribution in [0.4, 0.5) is 0 Å². The van der Waals surface area contributed by atoms with Crippen molar-refractivity contribution in [1.82, 2.24) is 4.90 Å². The Morgan fingerprint density at radius 1 is 1.07 bits per heavy atom. The lowest BCUT2D eigenvalue weighted by atomic mass is 9.92. The number of nitrogens with two attached hydrogens (primary N) is 1. The Morgan fingerprint density at radius 3 is 2.61 bits per heavy atom. The third kappa shape index (κ3) is 4.84. The smallest absolute Gasteiger partial charge is 0.255 e. The van der Waals surface area contributed by atoms with Gasteiger partial charge in [-0.25, -0.2) is 0 Å². The van der Waals surface area contributed by atoms with Gasteiger partial charge in [-0.3, -0.25) is 14.4 Å². The van der Waals surface area contributed by atoms with E-state index < -0.39 is 6.04 Å². The van der Waals surface area contributed by atoms with Crippen LogP contribution in [0.25, 0.3) is 0 Å². The molecule has 7 heteroatoms. The lowest BCUT2D eigenvalue weighted by Gasteiger charge is -2.29. The molecule has 1 aliphatic carbocycles. The highest BCUT2D eigenvalue weighted by Gasteiger charge is 2.39. The van der Waals surface area contributed by atoms with Gasteiger partial charge in [0.25, 0.3) is 5.91 Å². The minimum Gasteiger partial charge on any atom is -0.379 e. The number of amides is 1. The average molecular weight is 388 g/mol. The molecule has 152 valence electrons. The summed E-state index contributed by atoms with van der Waals surface area (Å²) >= 11 is 0. The summed E-state index contributed by atoms with van der Waals surface area (Å²) in [6, 6.07) is 5.28. The molecule has 2 N–H and O–H groups in total. The predicted octanol–water partition coefficient (Wildman–Crippen LogP) is 1.26. The molecule has 0 saturated heterocycles. The van der Waals surface area contributed by atoms with Gasteiger partial charge in [-0.2, -0.15) is 0 Å². The van der Waals surface area contributed by atoms with Gasteiger partial charge in [-0.15, -0.1) is 0 Å². The predicted molar refractivity (Wildman–Crippen MR) is 103 cm³/mol. The molecule has 0 aromatic heterocycles. The summed E-state index contributed by atoms with van der Waals surface area (Å²) in [4.78, 5) is 38.2. The fourth-order valence-electron chi connectivity index (χ4n) is 3.86. The van der Waals surface area contributed by atoms with Gasteiger partial charge in [0.1, 0.15) is 5.78 Å². The fraction of sp³-hybridized carbons (Fsp3) is 0.571. The van der Waals surface area contributed by atoms with Crippen LogP contribution in [0.1, 0.15) is 47.2 Å². The number of Topliss-reactive ketones (excluding diaryl/α,β-unsaturated/α-hetero) is 2. The van der Waals surface area contributed by atoms with Crippen molar-refractivity contribution in [3.63, 3.8) is 0 Å². The van der Waals surface area contributed by atoms with Crippen LogP contribution in [0.15, 0.2) is 18.2 Å².